The summed E-state index contributed by atoms with van der Waals surface area (Å²) in [4.78, 5) is 33.3. The van der Waals surface area contributed by atoms with E-state index in [1.54, 1.807) is 17.8 Å². The van der Waals surface area contributed by atoms with Crippen molar-refractivity contribution < 1.29 is 19.2 Å². The Morgan fingerprint density at radius 3 is 2.27 bits per heavy atom. The van der Waals surface area contributed by atoms with Crippen LogP contribution in [0.25, 0.3) is 0 Å². The molecule has 1 fully saturated rings. The van der Waals surface area contributed by atoms with Gasteiger partial charge in [0.1, 0.15) is 5.71 Å². The lowest BCUT2D eigenvalue weighted by Crippen LogP contribution is -2.21. The number of nitrogens with zero attached hydrogens (tertiary/aromatic N) is 2. The van der Waals surface area contributed by atoms with Gasteiger partial charge in [-0.15, -0.1) is 0 Å². The monoisotopic (exact) mass is 518 g/mol. The zero-order valence-electron chi connectivity index (χ0n) is 21.4. The fourth-order valence-electron chi connectivity index (χ4n) is 4.39. The molecule has 1 saturated carbocycles. The summed E-state index contributed by atoms with van der Waals surface area (Å²) in [6, 6.07) is 7.65. The molecule has 0 unspecified atom stereocenters. The summed E-state index contributed by atoms with van der Waals surface area (Å²) < 4.78 is 3.85. The molecule has 0 saturated heterocycles. The quantitative estimate of drug-likeness (QED) is 0.117. The molecule has 0 heterocycles. The second-order valence-electron chi connectivity index (χ2n) is 9.10. The number of ether oxygens (including phenoxy) is 1. The molecule has 3 aliphatic rings. The van der Waals surface area contributed by atoms with Crippen LogP contribution < -0.4 is 0 Å². The van der Waals surface area contributed by atoms with Crippen LogP contribution >= 0.6 is 11.8 Å². The van der Waals surface area contributed by atoms with Gasteiger partial charge in [0.15, 0.2) is 0 Å². The van der Waals surface area contributed by atoms with Crippen LogP contribution in [0, 0.1) is 17.4 Å². The van der Waals surface area contributed by atoms with Gasteiger partial charge in [-0.3, -0.25) is 4.79 Å². The van der Waals surface area contributed by atoms with Crippen LogP contribution in [0.4, 0.5) is 0 Å². The number of thioether (sulfide) groups is 1. The summed E-state index contributed by atoms with van der Waals surface area (Å²) in [6.45, 7) is 0. The largest absolute Gasteiger partial charge is 0.431 e. The van der Waals surface area contributed by atoms with Crippen LogP contribution in [0.15, 0.2) is 81.3 Å². The molecule has 0 aromatic heterocycles. The molecule has 37 heavy (non-hydrogen) atoms. The normalized spacial score (nSPS) is 17.5. The van der Waals surface area contributed by atoms with Crippen LogP contribution in [0.2, 0.25) is 0 Å². The van der Waals surface area contributed by atoms with Gasteiger partial charge in [-0.05, 0) is 62.3 Å². The Kier molecular flexibility index (Phi) is 12.0. The standard InChI is InChI=1S/C28H31NO3S.C2H3NO/c30-27(22-16-18-25(19-17-22)33-24-14-8-3-9-15-24)26(20-21-10-4-1-5-11-21)29-32-28(31)23-12-6-2-7-13-23;1-4-2-3/h6,8,12-19,21H,1-5,7,9-11,20H2;1H3/b29-26+;. The molecule has 4 rings (SSSR count). The van der Waals surface area contributed by atoms with E-state index in [2.05, 4.69) is 28.1 Å². The van der Waals surface area contributed by atoms with Crippen LogP contribution in [0.5, 0.6) is 0 Å². The first-order valence-electron chi connectivity index (χ1n) is 12.9. The van der Waals surface area contributed by atoms with Crippen molar-refractivity contribution in [1.29, 1.82) is 5.26 Å². The number of ketones is 1. The van der Waals surface area contributed by atoms with Crippen molar-refractivity contribution in [3.63, 3.8) is 0 Å². The third kappa shape index (κ3) is 9.55. The molecule has 194 valence electrons. The van der Waals surface area contributed by atoms with Gasteiger partial charge >= 0.3 is 5.97 Å². The number of benzene rings is 1. The highest BCUT2D eigenvalue weighted by Gasteiger charge is 2.23. The summed E-state index contributed by atoms with van der Waals surface area (Å²) in [7, 11) is 1.32. The molecule has 0 spiro atoms. The summed E-state index contributed by atoms with van der Waals surface area (Å²) in [5, 5.41) is 11.5. The van der Waals surface area contributed by atoms with E-state index in [9.17, 15) is 9.59 Å². The van der Waals surface area contributed by atoms with E-state index in [-0.39, 0.29) is 5.78 Å². The van der Waals surface area contributed by atoms with Crippen molar-refractivity contribution in [3.05, 3.63) is 76.8 Å². The Labute approximate surface area is 223 Å². The smallest absolute Gasteiger partial charge is 0.365 e. The second kappa shape index (κ2) is 15.7. The molecule has 0 radical (unpaired) electrons. The van der Waals surface area contributed by atoms with Crippen molar-refractivity contribution in [1.82, 2.24) is 0 Å². The lowest BCUT2D eigenvalue weighted by molar-refractivity contribution is -0.138. The second-order valence-corrected chi connectivity index (χ2v) is 10.2. The van der Waals surface area contributed by atoms with E-state index in [0.29, 0.717) is 29.2 Å². The Morgan fingerprint density at radius 1 is 1.00 bits per heavy atom. The predicted molar refractivity (Wildman–Crippen MR) is 147 cm³/mol. The van der Waals surface area contributed by atoms with E-state index in [4.69, 9.17) is 10.1 Å². The first-order valence-corrected chi connectivity index (χ1v) is 13.7. The SMILES string of the molecule is COC#N.O=C(O/N=C(\CC1CCCCC1)C(=O)c1ccc(SC2=CCCC=C2)cc1)C1=CCCC=C1. The number of carbonyl (C=O) groups is 2. The van der Waals surface area contributed by atoms with Crippen molar-refractivity contribution in [3.8, 4) is 6.26 Å². The van der Waals surface area contributed by atoms with E-state index >= 15 is 0 Å². The highest BCUT2D eigenvalue weighted by Crippen LogP contribution is 2.31. The van der Waals surface area contributed by atoms with E-state index in [1.807, 2.05) is 36.4 Å². The molecular formula is C30H34N2O4S. The average Bonchev–Trinajstić information content (AvgIpc) is 2.97. The third-order valence-electron chi connectivity index (χ3n) is 6.34. The van der Waals surface area contributed by atoms with Gasteiger partial charge in [0, 0.05) is 15.4 Å². The van der Waals surface area contributed by atoms with Gasteiger partial charge in [0.2, 0.25) is 5.78 Å². The van der Waals surface area contributed by atoms with Gasteiger partial charge < -0.3 is 9.57 Å². The number of carbonyl (C=O) groups excluding carboxylic acids is 2. The number of hydrogen-bond donors (Lipinski definition) is 0. The molecule has 3 aliphatic carbocycles. The minimum absolute atomic E-state index is 0.158. The van der Waals surface area contributed by atoms with E-state index in [0.717, 1.165) is 43.4 Å². The first kappa shape index (κ1) is 28.2. The third-order valence-corrected chi connectivity index (χ3v) is 7.39. The number of rotatable bonds is 8. The zero-order chi connectivity index (χ0) is 26.3. The van der Waals surface area contributed by atoms with Gasteiger partial charge in [-0.2, -0.15) is 5.26 Å². The van der Waals surface area contributed by atoms with Crippen molar-refractivity contribution in [2.24, 2.45) is 11.1 Å². The molecular weight excluding hydrogens is 484 g/mol. The number of allylic oxidation sites excluding steroid dienone is 5. The highest BCUT2D eigenvalue weighted by atomic mass is 32.2. The maximum absolute atomic E-state index is 13.3. The first-order chi connectivity index (χ1) is 18.1. The molecule has 0 N–H and O–H groups in total. The molecule has 1 aromatic rings. The Morgan fingerprint density at radius 2 is 1.68 bits per heavy atom. The van der Waals surface area contributed by atoms with Gasteiger partial charge in [-0.25, -0.2) is 4.79 Å². The molecule has 0 amide bonds. The number of Topliss-reactive ketones (excluding diaryl/α,β-unsaturated/α-hetero) is 1. The van der Waals surface area contributed by atoms with Crippen molar-refractivity contribution >= 4 is 29.2 Å². The number of nitriles is 1. The molecule has 6 nitrogen and oxygen atoms in total. The molecule has 0 aliphatic heterocycles. The van der Waals surface area contributed by atoms with E-state index < -0.39 is 5.97 Å². The van der Waals surface area contributed by atoms with Gasteiger partial charge in [0.05, 0.1) is 12.7 Å². The lowest BCUT2D eigenvalue weighted by Gasteiger charge is -2.21. The van der Waals surface area contributed by atoms with Crippen molar-refractivity contribution in [2.75, 3.05) is 7.11 Å². The highest BCUT2D eigenvalue weighted by molar-refractivity contribution is 8.03. The van der Waals surface area contributed by atoms with Crippen molar-refractivity contribution in [2.45, 2.75) is 69.1 Å². The summed E-state index contributed by atoms with van der Waals surface area (Å²) >= 11 is 1.70. The number of hydrogen-bond acceptors (Lipinski definition) is 7. The Hall–Kier alpha value is -3.37. The number of methoxy groups -OCH3 is 1. The predicted octanol–water partition coefficient (Wildman–Crippen LogP) is 7.46. The fraction of sp³-hybridized carbons (Fsp3) is 0.400. The minimum atomic E-state index is -0.500. The maximum atomic E-state index is 13.3. The van der Waals surface area contributed by atoms with Gasteiger partial charge in [0.25, 0.3) is 6.26 Å². The molecule has 0 atom stereocenters. The Balaban J connectivity index is 0.000000886. The average molecular weight is 519 g/mol. The molecule has 0 bridgehead atoms. The topological polar surface area (TPSA) is 88.8 Å². The minimum Gasteiger partial charge on any atom is -0.431 e. The van der Waals surface area contributed by atoms with Crippen LogP contribution in [0.3, 0.4) is 0 Å². The summed E-state index contributed by atoms with van der Waals surface area (Å²) in [5.41, 5.74) is 1.42. The molecule has 1 aromatic carbocycles. The van der Waals surface area contributed by atoms with E-state index in [1.165, 1.54) is 37.5 Å². The molecule has 7 heteroatoms. The summed E-state index contributed by atoms with van der Waals surface area (Å²) in [6.07, 6.45) is 23.8. The lowest BCUT2D eigenvalue weighted by atomic mass is 9.84. The van der Waals surface area contributed by atoms with Crippen LogP contribution in [-0.2, 0) is 14.4 Å². The van der Waals surface area contributed by atoms with Crippen LogP contribution in [0.1, 0.15) is 74.6 Å². The van der Waals surface area contributed by atoms with Crippen LogP contribution in [-0.4, -0.2) is 24.6 Å². The Bertz CT molecular complexity index is 1120. The fourth-order valence-corrected chi connectivity index (χ4v) is 5.30. The maximum Gasteiger partial charge on any atom is 0.365 e. The van der Waals surface area contributed by atoms with Gasteiger partial charge in [-0.1, -0.05) is 85.5 Å². The number of oxime groups is 1. The summed E-state index contributed by atoms with van der Waals surface area (Å²) in [5.74, 6) is -0.246. The zero-order valence-corrected chi connectivity index (χ0v) is 22.2.